The summed E-state index contributed by atoms with van der Waals surface area (Å²) in [5.74, 6) is -0.792. The van der Waals surface area contributed by atoms with E-state index in [-0.39, 0.29) is 39.7 Å². The minimum atomic E-state index is -3.81. The second-order valence-electron chi connectivity index (χ2n) is 8.52. The number of aryl methyl sites for hydroxylation is 1. The molecule has 1 amide bonds. The van der Waals surface area contributed by atoms with Gasteiger partial charge in [0, 0.05) is 39.9 Å². The summed E-state index contributed by atoms with van der Waals surface area (Å²) in [4.78, 5) is 39.4. The molecular formula is C24H31N7O7S2. The van der Waals surface area contributed by atoms with Crippen LogP contribution in [-0.2, 0) is 37.3 Å². The molecule has 0 aliphatic carbocycles. The Morgan fingerprint density at radius 1 is 1.07 bits per heavy atom. The zero-order chi connectivity index (χ0) is 29.3. The Kier molecular flexibility index (Phi) is 10.9. The van der Waals surface area contributed by atoms with E-state index in [1.165, 1.54) is 12.1 Å². The molecule has 0 bridgehead atoms. The fourth-order valence-electron chi connectivity index (χ4n) is 3.50. The van der Waals surface area contributed by atoms with Gasteiger partial charge in [0.05, 0.1) is 35.9 Å². The van der Waals surface area contributed by atoms with Gasteiger partial charge in [-0.3, -0.25) is 10.1 Å². The van der Waals surface area contributed by atoms with E-state index in [2.05, 4.69) is 25.6 Å². The van der Waals surface area contributed by atoms with E-state index >= 15 is 0 Å². The van der Waals surface area contributed by atoms with Crippen LogP contribution < -0.4 is 15.8 Å². The lowest BCUT2D eigenvalue weighted by atomic mass is 10.2. The van der Waals surface area contributed by atoms with E-state index in [9.17, 15) is 23.1 Å². The molecule has 2 heterocycles. The van der Waals surface area contributed by atoms with Crippen molar-refractivity contribution < 1.29 is 32.6 Å². The van der Waals surface area contributed by atoms with Crippen LogP contribution in [0.15, 0.2) is 35.2 Å². The molecular weight excluding hydrogens is 562 g/mol. The quantitative estimate of drug-likeness (QED) is 0.199. The van der Waals surface area contributed by atoms with Crippen molar-refractivity contribution >= 4 is 50.1 Å². The maximum Gasteiger partial charge on any atom is 0.347 e. The first-order valence-electron chi connectivity index (χ1n) is 12.0. The average Bonchev–Trinajstić information content (AvgIpc) is 3.27. The number of amides is 1. The van der Waals surface area contributed by atoms with Crippen LogP contribution in [0.3, 0.4) is 0 Å². The van der Waals surface area contributed by atoms with Crippen molar-refractivity contribution in [1.82, 2.24) is 19.9 Å². The molecule has 2 aromatic heterocycles. The van der Waals surface area contributed by atoms with E-state index in [0.29, 0.717) is 43.5 Å². The second-order valence-corrected chi connectivity index (χ2v) is 11.1. The number of sulfonamides is 1. The molecule has 0 unspecified atom stereocenters. The number of benzene rings is 1. The lowest BCUT2D eigenvalue weighted by Gasteiger charge is -2.22. The molecule has 0 aliphatic rings. The molecule has 5 N–H and O–H groups in total. The molecule has 1 aromatic carbocycles. The van der Waals surface area contributed by atoms with Gasteiger partial charge in [-0.25, -0.2) is 28.3 Å². The molecule has 16 heteroatoms. The van der Waals surface area contributed by atoms with Gasteiger partial charge < -0.3 is 24.8 Å². The molecule has 14 nitrogen and oxygen atoms in total. The number of anilines is 3. The first kappa shape index (κ1) is 30.8. The number of ether oxygens (including phenoxy) is 2. The van der Waals surface area contributed by atoms with Crippen LogP contribution in [0.5, 0.6) is 0 Å². The van der Waals surface area contributed by atoms with Crippen molar-refractivity contribution in [3.8, 4) is 0 Å². The highest BCUT2D eigenvalue weighted by molar-refractivity contribution is 7.89. The predicted octanol–water partition coefficient (Wildman–Crippen LogP) is 1.61. The Morgan fingerprint density at radius 2 is 1.73 bits per heavy atom. The summed E-state index contributed by atoms with van der Waals surface area (Å²) in [7, 11) is -0.701. The van der Waals surface area contributed by atoms with Gasteiger partial charge in [-0.15, -0.1) is 0 Å². The summed E-state index contributed by atoms with van der Waals surface area (Å²) in [6, 6.07) is 7.67. The van der Waals surface area contributed by atoms with Crippen molar-refractivity contribution in [3.05, 3.63) is 52.2 Å². The summed E-state index contributed by atoms with van der Waals surface area (Å²) in [5.41, 5.74) is 1.51. The fraction of sp³-hybridized carbons (Fsp3) is 0.375. The number of carbonyl (C=O) groups is 2. The van der Waals surface area contributed by atoms with E-state index in [1.807, 2.05) is 0 Å². The Labute approximate surface area is 235 Å². The number of aromatic nitrogens is 3. The molecule has 0 saturated heterocycles. The van der Waals surface area contributed by atoms with Crippen LogP contribution in [0.2, 0.25) is 0 Å². The van der Waals surface area contributed by atoms with Crippen LogP contribution in [0.25, 0.3) is 0 Å². The minimum absolute atomic E-state index is 0.00320. The number of thiazole rings is 1. The summed E-state index contributed by atoms with van der Waals surface area (Å²) in [6.07, 6.45) is -0.0420. The smallest absolute Gasteiger partial charge is 0.347 e. The number of primary sulfonamides is 1. The van der Waals surface area contributed by atoms with Crippen molar-refractivity contribution in [2.75, 3.05) is 51.2 Å². The lowest BCUT2D eigenvalue weighted by Crippen LogP contribution is -2.37. The van der Waals surface area contributed by atoms with Crippen molar-refractivity contribution in [1.29, 1.82) is 0 Å². The van der Waals surface area contributed by atoms with Crippen LogP contribution in [0.1, 0.15) is 26.6 Å². The van der Waals surface area contributed by atoms with Gasteiger partial charge in [0.25, 0.3) is 0 Å². The van der Waals surface area contributed by atoms with Crippen molar-refractivity contribution in [3.63, 3.8) is 0 Å². The number of carbonyl (C=O) groups excluding carboxylic acids is 1. The number of rotatable bonds is 15. The molecule has 3 aromatic rings. The number of carboxylic acids is 1. The van der Waals surface area contributed by atoms with Crippen LogP contribution in [0, 0.1) is 6.92 Å². The first-order valence-corrected chi connectivity index (χ1v) is 14.3. The van der Waals surface area contributed by atoms with E-state index in [1.54, 1.807) is 44.2 Å². The Hall–Kier alpha value is -3.70. The highest BCUT2D eigenvalue weighted by atomic mass is 32.2. The zero-order valence-corrected chi connectivity index (χ0v) is 23.8. The average molecular weight is 594 g/mol. The molecule has 3 rings (SSSR count). The number of carboxylic acid groups (broad SMARTS) is 1. The summed E-state index contributed by atoms with van der Waals surface area (Å²) < 4.78 is 33.3. The molecule has 0 radical (unpaired) electrons. The SMILES string of the molecule is COCCN(CCOC)C(=O)Cc1cc(NCc2ccc(S(N)(=O)=O)cc2)nc(Nc2nc(C)c(C(=O)O)s2)n1. The summed E-state index contributed by atoms with van der Waals surface area (Å²) in [5, 5.41) is 20.9. The highest BCUT2D eigenvalue weighted by Gasteiger charge is 2.18. The molecule has 0 fully saturated rings. The Balaban J connectivity index is 1.85. The van der Waals surface area contributed by atoms with Crippen molar-refractivity contribution in [2.24, 2.45) is 5.14 Å². The lowest BCUT2D eigenvalue weighted by molar-refractivity contribution is -0.131. The standard InChI is InChI=1S/C24H31N7O7S2/c1-15-21(22(33)34)39-24(27-15)30-23-28-17(13-20(32)31(8-10-37-2)9-11-38-3)12-19(29-23)26-14-16-4-6-18(7-5-16)40(25,35)36/h4-7,12H,8-11,13-14H2,1-3H3,(H,33,34)(H2,25,35,36)(H2,26,27,28,29,30). The number of nitrogens with zero attached hydrogens (tertiary/aromatic N) is 4. The topological polar surface area (TPSA) is 199 Å². The molecule has 0 saturated carbocycles. The fourth-order valence-corrected chi connectivity index (χ4v) is 4.81. The maximum absolute atomic E-state index is 13.1. The largest absolute Gasteiger partial charge is 0.477 e. The normalized spacial score (nSPS) is 11.3. The van der Waals surface area contributed by atoms with Gasteiger partial charge in [0.15, 0.2) is 5.13 Å². The number of hydrogen-bond donors (Lipinski definition) is 4. The number of hydrogen-bond acceptors (Lipinski definition) is 12. The summed E-state index contributed by atoms with van der Waals surface area (Å²) in [6.45, 7) is 3.35. The monoisotopic (exact) mass is 593 g/mol. The Bertz CT molecular complexity index is 1420. The number of aromatic carboxylic acids is 1. The first-order chi connectivity index (χ1) is 19.0. The highest BCUT2D eigenvalue weighted by Crippen LogP contribution is 2.25. The summed E-state index contributed by atoms with van der Waals surface area (Å²) >= 11 is 0.940. The van der Waals surface area contributed by atoms with Crippen LogP contribution in [-0.4, -0.2) is 85.8 Å². The third-order valence-corrected chi connectivity index (χ3v) is 7.52. The van der Waals surface area contributed by atoms with Gasteiger partial charge in [-0.2, -0.15) is 4.98 Å². The van der Waals surface area contributed by atoms with Gasteiger partial charge in [0.1, 0.15) is 10.7 Å². The third kappa shape index (κ3) is 8.92. The van der Waals surface area contributed by atoms with Crippen LogP contribution in [0.4, 0.5) is 16.9 Å². The van der Waals surface area contributed by atoms with Crippen LogP contribution >= 0.6 is 11.3 Å². The number of nitrogens with one attached hydrogen (secondary N) is 2. The van der Waals surface area contributed by atoms with Gasteiger partial charge in [0.2, 0.25) is 21.9 Å². The van der Waals surface area contributed by atoms with E-state index in [0.717, 1.165) is 16.9 Å². The molecule has 0 aliphatic heterocycles. The maximum atomic E-state index is 13.1. The molecule has 0 atom stereocenters. The molecule has 0 spiro atoms. The van der Waals surface area contributed by atoms with Gasteiger partial charge in [-0.1, -0.05) is 23.5 Å². The second kappa shape index (κ2) is 14.1. The van der Waals surface area contributed by atoms with Gasteiger partial charge >= 0.3 is 5.97 Å². The van der Waals surface area contributed by atoms with Gasteiger partial charge in [-0.05, 0) is 24.6 Å². The van der Waals surface area contributed by atoms with Crippen molar-refractivity contribution in [2.45, 2.75) is 24.8 Å². The van der Waals surface area contributed by atoms with E-state index in [4.69, 9.17) is 14.6 Å². The zero-order valence-electron chi connectivity index (χ0n) is 22.2. The van der Waals surface area contributed by atoms with E-state index < -0.39 is 16.0 Å². The minimum Gasteiger partial charge on any atom is -0.477 e. The molecule has 40 heavy (non-hydrogen) atoms. The molecule has 216 valence electrons. The number of nitrogens with two attached hydrogens (primary N) is 1. The Morgan fingerprint density at radius 3 is 2.27 bits per heavy atom. The third-order valence-electron chi connectivity index (χ3n) is 5.53. The number of methoxy groups -OCH3 is 2. The predicted molar refractivity (Wildman–Crippen MR) is 148 cm³/mol.